The summed E-state index contributed by atoms with van der Waals surface area (Å²) in [7, 11) is 0. The Morgan fingerprint density at radius 1 is 1.64 bits per heavy atom. The van der Waals surface area contributed by atoms with Crippen LogP contribution in [-0.2, 0) is 14.3 Å². The normalized spacial score (nSPS) is 8.45. The molecule has 0 aliphatic carbocycles. The predicted octanol–water partition coefficient (Wildman–Crippen LogP) is -1.44. The van der Waals surface area contributed by atoms with E-state index in [9.17, 15) is 9.59 Å². The topological polar surface area (TPSA) is 105 Å². The van der Waals surface area contributed by atoms with Crippen molar-refractivity contribution in [3.05, 3.63) is 0 Å². The van der Waals surface area contributed by atoms with Crippen molar-refractivity contribution in [2.75, 3.05) is 6.54 Å². The molecule has 6 nitrogen and oxygen atoms in total. The number of hydrogen-bond donors (Lipinski definition) is 3. The molecule has 0 saturated carbocycles. The van der Waals surface area contributed by atoms with E-state index in [1.165, 1.54) is 0 Å². The summed E-state index contributed by atoms with van der Waals surface area (Å²) in [6.07, 6.45) is 0. The van der Waals surface area contributed by atoms with Crippen LogP contribution in [0.4, 0.5) is 0 Å². The molecule has 0 aromatic rings. The molecule has 0 amide bonds. The SMILES string of the molecule is CC(=O)OC(=O)CNC(=N)N. The van der Waals surface area contributed by atoms with Gasteiger partial charge in [-0.25, -0.2) is 4.79 Å². The van der Waals surface area contributed by atoms with Crippen molar-refractivity contribution in [1.29, 1.82) is 5.41 Å². The van der Waals surface area contributed by atoms with Gasteiger partial charge in [0, 0.05) is 6.92 Å². The molecular weight excluding hydrogens is 150 g/mol. The Morgan fingerprint density at radius 2 is 2.18 bits per heavy atom. The average Bonchev–Trinajstić information content (AvgIpc) is 1.82. The van der Waals surface area contributed by atoms with Crippen LogP contribution in [0, 0.1) is 5.41 Å². The molecule has 0 aliphatic heterocycles. The number of ether oxygens (including phenoxy) is 1. The van der Waals surface area contributed by atoms with Gasteiger partial charge in [-0.2, -0.15) is 0 Å². The lowest BCUT2D eigenvalue weighted by Gasteiger charge is -2.00. The lowest BCUT2D eigenvalue weighted by atomic mass is 10.6. The van der Waals surface area contributed by atoms with Gasteiger partial charge in [0.05, 0.1) is 0 Å². The smallest absolute Gasteiger partial charge is 0.333 e. The highest BCUT2D eigenvalue weighted by atomic mass is 16.6. The van der Waals surface area contributed by atoms with Crippen molar-refractivity contribution in [2.45, 2.75) is 6.92 Å². The Hall–Kier alpha value is -1.59. The maximum Gasteiger partial charge on any atom is 0.333 e. The summed E-state index contributed by atoms with van der Waals surface area (Å²) >= 11 is 0. The molecule has 0 rings (SSSR count). The van der Waals surface area contributed by atoms with Gasteiger partial charge in [-0.15, -0.1) is 0 Å². The third-order valence-corrected chi connectivity index (χ3v) is 0.681. The number of carbonyl (C=O) groups is 2. The van der Waals surface area contributed by atoms with Crippen molar-refractivity contribution >= 4 is 17.9 Å². The molecule has 0 saturated heterocycles. The van der Waals surface area contributed by atoms with Crippen molar-refractivity contribution in [3.63, 3.8) is 0 Å². The summed E-state index contributed by atoms with van der Waals surface area (Å²) in [5.41, 5.74) is 4.85. The van der Waals surface area contributed by atoms with Gasteiger partial charge in [0.25, 0.3) is 0 Å². The number of hydrogen-bond acceptors (Lipinski definition) is 4. The highest BCUT2D eigenvalue weighted by Gasteiger charge is 2.04. The van der Waals surface area contributed by atoms with Crippen molar-refractivity contribution < 1.29 is 14.3 Å². The number of guanidine groups is 1. The zero-order valence-corrected chi connectivity index (χ0v) is 6.01. The standard InChI is InChI=1S/C5H9N3O3/c1-3(9)11-4(10)2-8-5(6)7/h2H2,1H3,(H4,6,7,8). The monoisotopic (exact) mass is 159 g/mol. The van der Waals surface area contributed by atoms with Crippen LogP contribution in [0.2, 0.25) is 0 Å². The van der Waals surface area contributed by atoms with Gasteiger partial charge in [-0.05, 0) is 0 Å². The molecule has 0 atom stereocenters. The maximum absolute atomic E-state index is 10.5. The molecule has 0 bridgehead atoms. The Kier molecular flexibility index (Phi) is 3.65. The van der Waals surface area contributed by atoms with Gasteiger partial charge in [-0.1, -0.05) is 0 Å². The zero-order valence-electron chi connectivity index (χ0n) is 6.01. The molecule has 11 heavy (non-hydrogen) atoms. The van der Waals surface area contributed by atoms with Crippen LogP contribution >= 0.6 is 0 Å². The predicted molar refractivity (Wildman–Crippen MR) is 36.7 cm³/mol. The lowest BCUT2D eigenvalue weighted by molar-refractivity contribution is -0.157. The van der Waals surface area contributed by atoms with E-state index in [0.717, 1.165) is 6.92 Å². The first-order chi connectivity index (χ1) is 5.02. The molecule has 0 aliphatic rings. The van der Waals surface area contributed by atoms with E-state index in [1.54, 1.807) is 0 Å². The minimum absolute atomic E-state index is 0.269. The van der Waals surface area contributed by atoms with Crippen molar-refractivity contribution in [1.82, 2.24) is 5.32 Å². The maximum atomic E-state index is 10.5. The van der Waals surface area contributed by atoms with Gasteiger partial charge in [0.15, 0.2) is 5.96 Å². The largest absolute Gasteiger partial charge is 0.392 e. The van der Waals surface area contributed by atoms with Gasteiger partial charge >= 0.3 is 11.9 Å². The molecule has 0 fully saturated rings. The zero-order chi connectivity index (χ0) is 8.85. The minimum Gasteiger partial charge on any atom is -0.392 e. The fourth-order valence-corrected chi connectivity index (χ4v) is 0.364. The van der Waals surface area contributed by atoms with Crippen LogP contribution in [0.25, 0.3) is 0 Å². The number of esters is 2. The molecule has 0 aromatic heterocycles. The van der Waals surface area contributed by atoms with Gasteiger partial charge < -0.3 is 15.8 Å². The Balaban J connectivity index is 3.53. The summed E-state index contributed by atoms with van der Waals surface area (Å²) in [4.78, 5) is 20.6. The lowest BCUT2D eigenvalue weighted by Crippen LogP contribution is -2.35. The first kappa shape index (κ1) is 9.41. The number of carbonyl (C=O) groups excluding carboxylic acids is 2. The fourth-order valence-electron chi connectivity index (χ4n) is 0.364. The van der Waals surface area contributed by atoms with E-state index in [0.29, 0.717) is 0 Å². The van der Waals surface area contributed by atoms with E-state index in [4.69, 9.17) is 11.1 Å². The Morgan fingerprint density at radius 3 is 2.55 bits per heavy atom. The molecule has 0 spiro atoms. The van der Waals surface area contributed by atoms with Gasteiger partial charge in [-0.3, -0.25) is 10.2 Å². The van der Waals surface area contributed by atoms with Crippen LogP contribution in [0.3, 0.4) is 0 Å². The number of nitrogens with one attached hydrogen (secondary N) is 2. The van der Waals surface area contributed by atoms with Crippen LogP contribution < -0.4 is 11.1 Å². The third kappa shape index (κ3) is 6.29. The first-order valence-electron chi connectivity index (χ1n) is 2.81. The summed E-state index contributed by atoms with van der Waals surface area (Å²) in [6.45, 7) is 0.848. The number of nitrogens with two attached hydrogens (primary N) is 1. The summed E-state index contributed by atoms with van der Waals surface area (Å²) < 4.78 is 4.11. The van der Waals surface area contributed by atoms with Crippen molar-refractivity contribution in [3.8, 4) is 0 Å². The van der Waals surface area contributed by atoms with Crippen LogP contribution in [0.15, 0.2) is 0 Å². The van der Waals surface area contributed by atoms with E-state index < -0.39 is 11.9 Å². The summed E-state index contributed by atoms with van der Waals surface area (Å²) in [5.74, 6) is -1.78. The molecule has 62 valence electrons. The molecule has 0 radical (unpaired) electrons. The Bertz CT molecular complexity index is 189. The van der Waals surface area contributed by atoms with Gasteiger partial charge in [0.1, 0.15) is 6.54 Å². The third-order valence-electron chi connectivity index (χ3n) is 0.681. The molecular formula is C5H9N3O3. The van der Waals surface area contributed by atoms with Crippen LogP contribution in [0.5, 0.6) is 0 Å². The molecule has 0 aromatic carbocycles. The molecule has 0 heterocycles. The Labute approximate surface area is 63.2 Å². The molecule has 4 N–H and O–H groups in total. The van der Waals surface area contributed by atoms with Crippen LogP contribution in [-0.4, -0.2) is 24.4 Å². The number of rotatable bonds is 2. The summed E-state index contributed by atoms with van der Waals surface area (Å²) in [5, 5.41) is 8.83. The molecule has 0 unspecified atom stereocenters. The van der Waals surface area contributed by atoms with Crippen LogP contribution in [0.1, 0.15) is 6.92 Å². The summed E-state index contributed by atoms with van der Waals surface area (Å²) in [6, 6.07) is 0. The van der Waals surface area contributed by atoms with E-state index in [2.05, 4.69) is 10.1 Å². The highest BCUT2D eigenvalue weighted by molar-refractivity contribution is 5.87. The van der Waals surface area contributed by atoms with E-state index >= 15 is 0 Å². The molecule has 6 heteroatoms. The van der Waals surface area contributed by atoms with Gasteiger partial charge in [0.2, 0.25) is 0 Å². The quantitative estimate of drug-likeness (QED) is 0.198. The fraction of sp³-hybridized carbons (Fsp3) is 0.400. The average molecular weight is 159 g/mol. The minimum atomic E-state index is -0.757. The highest BCUT2D eigenvalue weighted by Crippen LogP contribution is 1.76. The van der Waals surface area contributed by atoms with E-state index in [-0.39, 0.29) is 12.5 Å². The van der Waals surface area contributed by atoms with Crippen molar-refractivity contribution in [2.24, 2.45) is 5.73 Å². The second-order valence-electron chi connectivity index (χ2n) is 1.73. The second kappa shape index (κ2) is 4.26. The second-order valence-corrected chi connectivity index (χ2v) is 1.73. The van der Waals surface area contributed by atoms with E-state index in [1.807, 2.05) is 0 Å². The first-order valence-corrected chi connectivity index (χ1v) is 2.81.